The van der Waals surface area contributed by atoms with Crippen molar-refractivity contribution < 1.29 is 9.90 Å². The number of hydrogen-bond donors (Lipinski definition) is 1. The van der Waals surface area contributed by atoms with Gasteiger partial charge in [0, 0.05) is 23.1 Å². The highest BCUT2D eigenvalue weighted by atomic mass is 16.3. The van der Waals surface area contributed by atoms with Gasteiger partial charge in [-0.15, -0.1) is 0 Å². The molecule has 2 N–H and O–H groups in total. The zero-order valence-electron chi connectivity index (χ0n) is 12.4. The SMILES string of the molecule is Cc1c(CC(N)=O)c2cc([O])ccc2n1Cc1ccccc1. The molecular weight excluding hydrogens is 276 g/mol. The van der Waals surface area contributed by atoms with Gasteiger partial charge in [0.05, 0.1) is 6.42 Å². The molecule has 4 nitrogen and oxygen atoms in total. The third-order valence-corrected chi connectivity index (χ3v) is 3.96. The van der Waals surface area contributed by atoms with Crippen LogP contribution in [0.1, 0.15) is 16.8 Å². The Morgan fingerprint density at radius 3 is 2.55 bits per heavy atom. The van der Waals surface area contributed by atoms with E-state index >= 15 is 0 Å². The largest absolute Gasteiger partial charge is 0.369 e. The highest BCUT2D eigenvalue weighted by molar-refractivity contribution is 5.91. The summed E-state index contributed by atoms with van der Waals surface area (Å²) in [5, 5.41) is 12.5. The van der Waals surface area contributed by atoms with Gasteiger partial charge in [0.2, 0.25) is 5.91 Å². The third-order valence-electron chi connectivity index (χ3n) is 3.96. The van der Waals surface area contributed by atoms with Crippen LogP contribution in [0.25, 0.3) is 10.9 Å². The van der Waals surface area contributed by atoms with Crippen molar-refractivity contribution in [2.45, 2.75) is 19.9 Å². The number of carbonyl (C=O) groups is 1. The first kappa shape index (κ1) is 14.2. The fraction of sp³-hybridized carbons (Fsp3) is 0.167. The van der Waals surface area contributed by atoms with Gasteiger partial charge in [-0.2, -0.15) is 0 Å². The normalized spacial score (nSPS) is 11.0. The van der Waals surface area contributed by atoms with E-state index in [0.29, 0.717) is 6.54 Å². The van der Waals surface area contributed by atoms with E-state index in [2.05, 4.69) is 16.7 Å². The van der Waals surface area contributed by atoms with Gasteiger partial charge in [-0.1, -0.05) is 30.3 Å². The summed E-state index contributed by atoms with van der Waals surface area (Å²) in [6.45, 7) is 2.66. The topological polar surface area (TPSA) is 67.9 Å². The highest BCUT2D eigenvalue weighted by Gasteiger charge is 2.16. The van der Waals surface area contributed by atoms with Crippen LogP contribution in [-0.4, -0.2) is 10.5 Å². The number of nitrogens with two attached hydrogens (primary N) is 1. The number of nitrogens with zero attached hydrogens (tertiary/aromatic N) is 1. The monoisotopic (exact) mass is 293 g/mol. The third kappa shape index (κ3) is 2.55. The van der Waals surface area contributed by atoms with Gasteiger partial charge in [-0.25, -0.2) is 0 Å². The van der Waals surface area contributed by atoms with E-state index in [1.807, 2.05) is 31.2 Å². The Balaban J connectivity index is 2.17. The molecule has 1 aromatic heterocycles. The van der Waals surface area contributed by atoms with Crippen molar-refractivity contribution in [1.82, 2.24) is 4.57 Å². The maximum absolute atomic E-state index is 11.7. The number of fused-ring (bicyclic) bond motifs is 1. The van der Waals surface area contributed by atoms with Gasteiger partial charge in [0.25, 0.3) is 0 Å². The average Bonchev–Trinajstić information content (AvgIpc) is 2.73. The van der Waals surface area contributed by atoms with Gasteiger partial charge >= 0.3 is 0 Å². The van der Waals surface area contributed by atoms with Crippen LogP contribution in [-0.2, 0) is 22.9 Å². The Labute approximate surface area is 128 Å². The summed E-state index contributed by atoms with van der Waals surface area (Å²) in [6.07, 6.45) is 0.146. The Kier molecular flexibility index (Phi) is 3.59. The van der Waals surface area contributed by atoms with Crippen molar-refractivity contribution in [2.24, 2.45) is 5.73 Å². The minimum absolute atomic E-state index is 0.0601. The highest BCUT2D eigenvalue weighted by Crippen LogP contribution is 2.30. The number of benzene rings is 2. The van der Waals surface area contributed by atoms with E-state index in [4.69, 9.17) is 5.73 Å². The van der Waals surface area contributed by atoms with Gasteiger partial charge in [0.1, 0.15) is 0 Å². The molecule has 3 aromatic rings. The molecule has 0 fully saturated rings. The van der Waals surface area contributed by atoms with Crippen molar-refractivity contribution in [3.63, 3.8) is 0 Å². The zero-order chi connectivity index (χ0) is 15.7. The molecule has 0 unspecified atom stereocenters. The molecule has 0 atom stereocenters. The lowest BCUT2D eigenvalue weighted by Crippen LogP contribution is -2.14. The van der Waals surface area contributed by atoms with Crippen LogP contribution in [0, 0.1) is 6.92 Å². The Morgan fingerprint density at radius 2 is 1.86 bits per heavy atom. The number of primary amides is 1. The van der Waals surface area contributed by atoms with Crippen LogP contribution in [0.3, 0.4) is 0 Å². The van der Waals surface area contributed by atoms with Crippen molar-refractivity contribution in [3.8, 4) is 5.75 Å². The van der Waals surface area contributed by atoms with Gasteiger partial charge in [-0.3, -0.25) is 9.90 Å². The van der Waals surface area contributed by atoms with E-state index in [1.54, 1.807) is 12.1 Å². The summed E-state index contributed by atoms with van der Waals surface area (Å²) in [5.74, 6) is -0.451. The minimum Gasteiger partial charge on any atom is -0.369 e. The lowest BCUT2D eigenvalue weighted by molar-refractivity contribution is -0.117. The van der Waals surface area contributed by atoms with Crippen LogP contribution in [0.4, 0.5) is 0 Å². The second-order valence-corrected chi connectivity index (χ2v) is 5.46. The lowest BCUT2D eigenvalue weighted by Gasteiger charge is -2.09. The fourth-order valence-electron chi connectivity index (χ4n) is 2.90. The minimum atomic E-state index is -0.391. The molecule has 22 heavy (non-hydrogen) atoms. The first-order valence-electron chi connectivity index (χ1n) is 7.17. The number of hydrogen-bond acceptors (Lipinski definition) is 1. The number of aromatic nitrogens is 1. The van der Waals surface area contributed by atoms with Crippen LogP contribution in [0.2, 0.25) is 0 Å². The molecule has 3 rings (SSSR count). The van der Waals surface area contributed by atoms with Gasteiger partial charge < -0.3 is 10.3 Å². The summed E-state index contributed by atoms with van der Waals surface area (Å²) in [4.78, 5) is 11.4. The summed E-state index contributed by atoms with van der Waals surface area (Å²) >= 11 is 0. The molecule has 0 aliphatic rings. The van der Waals surface area contributed by atoms with Crippen LogP contribution >= 0.6 is 0 Å². The number of carbonyl (C=O) groups excluding carboxylic acids is 1. The second-order valence-electron chi connectivity index (χ2n) is 5.46. The fourth-order valence-corrected chi connectivity index (χ4v) is 2.90. The number of amides is 1. The molecular formula is C18H17N2O2. The predicted molar refractivity (Wildman–Crippen MR) is 85.2 cm³/mol. The molecule has 2 aromatic carbocycles. The Hall–Kier alpha value is -2.75. The molecule has 0 spiro atoms. The van der Waals surface area contributed by atoms with E-state index in [-0.39, 0.29) is 12.2 Å². The average molecular weight is 293 g/mol. The molecule has 0 bridgehead atoms. The van der Waals surface area contributed by atoms with E-state index in [0.717, 1.165) is 22.2 Å². The van der Waals surface area contributed by atoms with Crippen molar-refractivity contribution >= 4 is 16.8 Å². The van der Waals surface area contributed by atoms with Crippen molar-refractivity contribution in [2.75, 3.05) is 0 Å². The molecule has 111 valence electrons. The first-order chi connectivity index (χ1) is 10.6. The maximum Gasteiger partial charge on any atom is 0.221 e. The summed E-state index contributed by atoms with van der Waals surface area (Å²) < 4.78 is 2.13. The molecule has 0 saturated heterocycles. The standard InChI is InChI=1S/C18H17N2O2/c1-12-15(10-18(19)22)16-9-14(21)7-8-17(16)20(12)11-13-5-3-2-4-6-13/h2-9H,10-11H2,1H3,(H2,19,22). The molecule has 0 saturated carbocycles. The van der Waals surface area contributed by atoms with Gasteiger partial charge in [0.15, 0.2) is 5.75 Å². The van der Waals surface area contributed by atoms with Gasteiger partial charge in [-0.05, 0) is 36.2 Å². The molecule has 0 aliphatic carbocycles. The molecule has 4 heteroatoms. The quantitative estimate of drug-likeness (QED) is 0.788. The van der Waals surface area contributed by atoms with E-state index in [9.17, 15) is 9.90 Å². The predicted octanol–water partition coefficient (Wildman–Crippen LogP) is 3.17. The maximum atomic E-state index is 11.7. The summed E-state index contributed by atoms with van der Waals surface area (Å²) in [7, 11) is 0. The van der Waals surface area contributed by atoms with Crippen LogP contribution in [0.5, 0.6) is 5.75 Å². The molecule has 0 aliphatic heterocycles. The van der Waals surface area contributed by atoms with E-state index < -0.39 is 5.91 Å². The van der Waals surface area contributed by atoms with E-state index in [1.165, 1.54) is 5.56 Å². The summed E-state index contributed by atoms with van der Waals surface area (Å²) in [5.41, 5.74) is 9.30. The molecule has 1 amide bonds. The number of rotatable bonds is 4. The summed E-state index contributed by atoms with van der Waals surface area (Å²) in [6, 6.07) is 15.0. The van der Waals surface area contributed by atoms with Crippen molar-refractivity contribution in [3.05, 3.63) is 65.4 Å². The van der Waals surface area contributed by atoms with Crippen LogP contribution in [0.15, 0.2) is 48.5 Å². The molecule has 1 heterocycles. The molecule has 1 radical (unpaired) electrons. The lowest BCUT2D eigenvalue weighted by atomic mass is 10.1. The van der Waals surface area contributed by atoms with Crippen molar-refractivity contribution in [1.29, 1.82) is 0 Å². The van der Waals surface area contributed by atoms with Crippen LogP contribution < -0.4 is 5.73 Å². The first-order valence-corrected chi connectivity index (χ1v) is 7.17. The Morgan fingerprint density at radius 1 is 1.14 bits per heavy atom. The zero-order valence-corrected chi connectivity index (χ0v) is 12.4. The Bertz CT molecular complexity index is 835. The smallest absolute Gasteiger partial charge is 0.221 e. The second kappa shape index (κ2) is 5.56.